The number of aromatic nitrogens is 2. The number of carbonyl (C=O) groups is 2. The van der Waals surface area contributed by atoms with Crippen molar-refractivity contribution in [1.29, 1.82) is 0 Å². The van der Waals surface area contributed by atoms with E-state index in [4.69, 9.17) is 4.74 Å². The maximum Gasteiger partial charge on any atom is 0.249 e. The predicted molar refractivity (Wildman–Crippen MR) is 96.4 cm³/mol. The molecule has 2 saturated heterocycles. The van der Waals surface area contributed by atoms with E-state index in [1.165, 1.54) is 0 Å². The predicted octanol–water partition coefficient (Wildman–Crippen LogP) is 1.45. The molecule has 0 bridgehead atoms. The number of rotatable bonds is 5. The van der Waals surface area contributed by atoms with Crippen molar-refractivity contribution in [2.75, 3.05) is 19.7 Å². The van der Waals surface area contributed by atoms with Gasteiger partial charge in [-0.05, 0) is 37.8 Å². The number of likely N-dealkylation sites (tertiary alicyclic amines) is 1. The maximum atomic E-state index is 12.6. The first-order chi connectivity index (χ1) is 12.7. The lowest BCUT2D eigenvalue weighted by Gasteiger charge is -2.17. The fourth-order valence-electron chi connectivity index (χ4n) is 3.70. The van der Waals surface area contributed by atoms with Gasteiger partial charge in [0.25, 0.3) is 0 Å². The third-order valence-corrected chi connectivity index (χ3v) is 5.13. The highest BCUT2D eigenvalue weighted by Crippen LogP contribution is 2.18. The van der Waals surface area contributed by atoms with Gasteiger partial charge in [0.15, 0.2) is 0 Å². The molecule has 2 aliphatic heterocycles. The zero-order valence-corrected chi connectivity index (χ0v) is 14.8. The summed E-state index contributed by atoms with van der Waals surface area (Å²) in [6.45, 7) is 2.85. The zero-order valence-electron chi connectivity index (χ0n) is 14.8. The molecule has 0 aliphatic carbocycles. The Morgan fingerprint density at radius 1 is 1.19 bits per heavy atom. The number of hydrogen-bond donors (Lipinski definition) is 1. The number of imidazole rings is 1. The normalized spacial score (nSPS) is 20.0. The van der Waals surface area contributed by atoms with E-state index in [0.717, 1.165) is 49.8 Å². The molecule has 2 aliphatic rings. The van der Waals surface area contributed by atoms with Gasteiger partial charge in [0.05, 0.1) is 17.6 Å². The second kappa shape index (κ2) is 7.45. The van der Waals surface area contributed by atoms with Crippen LogP contribution in [0.1, 0.15) is 31.5 Å². The van der Waals surface area contributed by atoms with Crippen molar-refractivity contribution in [2.45, 2.75) is 44.9 Å². The van der Waals surface area contributed by atoms with Crippen LogP contribution in [0.15, 0.2) is 24.3 Å². The molecule has 4 rings (SSSR count). The van der Waals surface area contributed by atoms with Crippen LogP contribution in [0.5, 0.6) is 0 Å². The van der Waals surface area contributed by atoms with E-state index >= 15 is 0 Å². The molecule has 138 valence electrons. The Labute approximate surface area is 152 Å². The fraction of sp³-hybridized carbons (Fsp3) is 0.526. The van der Waals surface area contributed by atoms with Crippen molar-refractivity contribution >= 4 is 22.8 Å². The second-order valence-electron chi connectivity index (χ2n) is 6.91. The van der Waals surface area contributed by atoms with Crippen LogP contribution < -0.4 is 5.32 Å². The number of amides is 2. The standard InChI is InChI=1S/C19H24N4O3/c24-18(22-9-3-4-10-22)13-23-15-7-2-1-6-14(15)21-17(23)12-20-19(25)16-8-5-11-26-16/h1-2,6-7,16H,3-5,8-13H2,(H,20,25). The lowest BCUT2D eigenvalue weighted by atomic mass is 10.2. The fourth-order valence-corrected chi connectivity index (χ4v) is 3.70. The molecule has 1 unspecified atom stereocenters. The minimum absolute atomic E-state index is 0.105. The van der Waals surface area contributed by atoms with E-state index < -0.39 is 0 Å². The average molecular weight is 356 g/mol. The first kappa shape index (κ1) is 17.0. The van der Waals surface area contributed by atoms with Crippen molar-refractivity contribution < 1.29 is 14.3 Å². The van der Waals surface area contributed by atoms with Gasteiger partial charge in [-0.25, -0.2) is 4.98 Å². The first-order valence-electron chi connectivity index (χ1n) is 9.33. The summed E-state index contributed by atoms with van der Waals surface area (Å²) in [5, 5.41) is 2.91. The van der Waals surface area contributed by atoms with E-state index in [1.54, 1.807) is 0 Å². The van der Waals surface area contributed by atoms with Gasteiger partial charge in [-0.15, -0.1) is 0 Å². The molecule has 0 radical (unpaired) electrons. The van der Waals surface area contributed by atoms with E-state index in [2.05, 4.69) is 10.3 Å². The van der Waals surface area contributed by atoms with Crippen LogP contribution in [0.25, 0.3) is 11.0 Å². The van der Waals surface area contributed by atoms with Gasteiger partial charge < -0.3 is 19.5 Å². The van der Waals surface area contributed by atoms with Crippen LogP contribution in [0.4, 0.5) is 0 Å². The third kappa shape index (κ3) is 3.44. The lowest BCUT2D eigenvalue weighted by Crippen LogP contribution is -2.35. The Morgan fingerprint density at radius 3 is 2.77 bits per heavy atom. The third-order valence-electron chi connectivity index (χ3n) is 5.13. The number of carbonyl (C=O) groups excluding carboxylic acids is 2. The molecule has 1 aromatic heterocycles. The summed E-state index contributed by atoms with van der Waals surface area (Å²) in [5.41, 5.74) is 1.75. The number of ether oxygens (including phenoxy) is 1. The molecule has 2 fully saturated rings. The molecule has 0 spiro atoms. The van der Waals surface area contributed by atoms with Gasteiger partial charge in [0.2, 0.25) is 11.8 Å². The number of nitrogens with zero attached hydrogens (tertiary/aromatic N) is 3. The molecule has 7 nitrogen and oxygen atoms in total. The van der Waals surface area contributed by atoms with Gasteiger partial charge in [-0.1, -0.05) is 12.1 Å². The highest BCUT2D eigenvalue weighted by molar-refractivity contribution is 5.82. The smallest absolute Gasteiger partial charge is 0.249 e. The molecule has 1 atom stereocenters. The highest BCUT2D eigenvalue weighted by Gasteiger charge is 2.24. The van der Waals surface area contributed by atoms with E-state index in [0.29, 0.717) is 19.0 Å². The summed E-state index contributed by atoms with van der Waals surface area (Å²) in [5.74, 6) is 0.703. The highest BCUT2D eigenvalue weighted by atomic mass is 16.5. The van der Waals surface area contributed by atoms with Crippen LogP contribution >= 0.6 is 0 Å². The molecule has 1 aromatic carbocycles. The largest absolute Gasteiger partial charge is 0.368 e. The maximum absolute atomic E-state index is 12.6. The Balaban J connectivity index is 1.53. The van der Waals surface area contributed by atoms with Crippen molar-refractivity contribution in [3.8, 4) is 0 Å². The molecule has 1 N–H and O–H groups in total. The Hall–Kier alpha value is -2.41. The van der Waals surface area contributed by atoms with Crippen molar-refractivity contribution in [1.82, 2.24) is 19.8 Å². The van der Waals surface area contributed by atoms with Crippen LogP contribution in [-0.2, 0) is 27.4 Å². The Kier molecular flexibility index (Phi) is 4.88. The molecule has 3 heterocycles. The minimum Gasteiger partial charge on any atom is -0.368 e. The molecule has 0 saturated carbocycles. The SMILES string of the molecule is O=C(NCc1nc2ccccc2n1CC(=O)N1CCCC1)C1CCCO1. The number of fused-ring (bicyclic) bond motifs is 1. The quantitative estimate of drug-likeness (QED) is 0.880. The van der Waals surface area contributed by atoms with Gasteiger partial charge >= 0.3 is 0 Å². The first-order valence-corrected chi connectivity index (χ1v) is 9.33. The zero-order chi connectivity index (χ0) is 17.9. The monoisotopic (exact) mass is 356 g/mol. The van der Waals surface area contributed by atoms with Crippen molar-refractivity contribution in [3.63, 3.8) is 0 Å². The minimum atomic E-state index is -0.362. The van der Waals surface area contributed by atoms with Crippen LogP contribution in [0.3, 0.4) is 0 Å². The van der Waals surface area contributed by atoms with Gasteiger partial charge in [-0.2, -0.15) is 0 Å². The molecular formula is C19H24N4O3. The summed E-state index contributed by atoms with van der Waals surface area (Å²) in [7, 11) is 0. The number of nitrogens with one attached hydrogen (secondary N) is 1. The van der Waals surface area contributed by atoms with Gasteiger partial charge in [-0.3, -0.25) is 9.59 Å². The summed E-state index contributed by atoms with van der Waals surface area (Å²) in [6, 6.07) is 7.76. The van der Waals surface area contributed by atoms with Gasteiger partial charge in [0.1, 0.15) is 18.5 Å². The topological polar surface area (TPSA) is 76.5 Å². The Morgan fingerprint density at radius 2 is 2.00 bits per heavy atom. The summed E-state index contributed by atoms with van der Waals surface area (Å²) in [4.78, 5) is 31.4. The molecule has 26 heavy (non-hydrogen) atoms. The number of hydrogen-bond acceptors (Lipinski definition) is 4. The molecule has 2 aromatic rings. The van der Waals surface area contributed by atoms with Gasteiger partial charge in [0, 0.05) is 19.7 Å². The molecule has 2 amide bonds. The molecule has 7 heteroatoms. The van der Waals surface area contributed by atoms with Crippen LogP contribution in [0.2, 0.25) is 0 Å². The van der Waals surface area contributed by atoms with Crippen molar-refractivity contribution in [2.24, 2.45) is 0 Å². The second-order valence-corrected chi connectivity index (χ2v) is 6.91. The van der Waals surface area contributed by atoms with E-state index in [1.807, 2.05) is 33.7 Å². The van der Waals surface area contributed by atoms with Crippen LogP contribution in [-0.4, -0.2) is 52.1 Å². The summed E-state index contributed by atoms with van der Waals surface area (Å²) in [6.07, 6.45) is 3.46. The van der Waals surface area contributed by atoms with Crippen molar-refractivity contribution in [3.05, 3.63) is 30.1 Å². The van der Waals surface area contributed by atoms with E-state index in [-0.39, 0.29) is 24.5 Å². The lowest BCUT2D eigenvalue weighted by molar-refractivity contribution is -0.130. The van der Waals surface area contributed by atoms with Crippen LogP contribution in [0, 0.1) is 0 Å². The number of benzene rings is 1. The summed E-state index contributed by atoms with van der Waals surface area (Å²) < 4.78 is 7.35. The van der Waals surface area contributed by atoms with E-state index in [9.17, 15) is 9.59 Å². The Bertz CT molecular complexity index is 804. The summed E-state index contributed by atoms with van der Waals surface area (Å²) >= 11 is 0. The number of para-hydroxylation sites is 2. The average Bonchev–Trinajstić information content (AvgIpc) is 3.40. The molecular weight excluding hydrogens is 332 g/mol.